The summed E-state index contributed by atoms with van der Waals surface area (Å²) in [5.74, 6) is 0.735. The van der Waals surface area contributed by atoms with Crippen LogP contribution in [-0.2, 0) is 29.9 Å². The fourth-order valence-corrected chi connectivity index (χ4v) is 6.86. The number of rotatable bonds is 5. The molecule has 27 heavy (non-hydrogen) atoms. The van der Waals surface area contributed by atoms with E-state index in [1.54, 1.807) is 34.4 Å². The Morgan fingerprint density at radius 3 is 3.04 bits per heavy atom. The lowest BCUT2D eigenvalue weighted by Crippen LogP contribution is -2.28. The number of thiophene rings is 1. The van der Waals surface area contributed by atoms with Crippen LogP contribution in [0.25, 0.3) is 10.2 Å². The summed E-state index contributed by atoms with van der Waals surface area (Å²) in [5, 5.41) is 4.82. The molecule has 1 aliphatic heterocycles. The molecule has 0 N–H and O–H groups in total. The van der Waals surface area contributed by atoms with Crippen molar-refractivity contribution in [2.45, 2.75) is 62.6 Å². The standard InChI is InChI=1S/C19H21N3O2S3/c1-11-20-12(9-25-11)10-26-19-21-17-16(14-5-2-6-15(14)27-17)18(23)22(19)8-13-4-3-7-24-13/h9,13H,2-8,10H2,1H3/t13-/m1/s1. The highest BCUT2D eigenvalue weighted by molar-refractivity contribution is 7.98. The molecular formula is C19H21N3O2S3. The summed E-state index contributed by atoms with van der Waals surface area (Å²) in [7, 11) is 0. The van der Waals surface area contributed by atoms with E-state index in [9.17, 15) is 4.79 Å². The average molecular weight is 420 g/mol. The molecule has 0 spiro atoms. The van der Waals surface area contributed by atoms with Gasteiger partial charge in [-0.2, -0.15) is 0 Å². The molecule has 8 heteroatoms. The van der Waals surface area contributed by atoms with E-state index >= 15 is 0 Å². The zero-order valence-corrected chi connectivity index (χ0v) is 17.6. The minimum Gasteiger partial charge on any atom is -0.376 e. The Kier molecular flexibility index (Phi) is 4.83. The maximum atomic E-state index is 13.4. The van der Waals surface area contributed by atoms with Crippen LogP contribution in [0.5, 0.6) is 0 Å². The monoisotopic (exact) mass is 419 g/mol. The van der Waals surface area contributed by atoms with Crippen molar-refractivity contribution in [2.75, 3.05) is 6.61 Å². The molecule has 0 unspecified atom stereocenters. The second-order valence-corrected chi connectivity index (χ2v) is 10.2. The summed E-state index contributed by atoms with van der Waals surface area (Å²) in [6.07, 6.45) is 5.46. The highest BCUT2D eigenvalue weighted by Crippen LogP contribution is 2.36. The fourth-order valence-electron chi connectivity index (χ4n) is 3.93. The molecule has 0 bridgehead atoms. The van der Waals surface area contributed by atoms with Crippen LogP contribution in [0.15, 0.2) is 15.3 Å². The molecule has 5 nitrogen and oxygen atoms in total. The molecule has 0 amide bonds. The van der Waals surface area contributed by atoms with E-state index in [1.807, 2.05) is 11.5 Å². The summed E-state index contributed by atoms with van der Waals surface area (Å²) in [5.41, 5.74) is 2.42. The number of fused-ring (bicyclic) bond motifs is 3. The zero-order valence-electron chi connectivity index (χ0n) is 15.2. The van der Waals surface area contributed by atoms with Crippen molar-refractivity contribution in [3.8, 4) is 0 Å². The molecule has 0 aromatic carbocycles. The first-order chi connectivity index (χ1) is 13.2. The van der Waals surface area contributed by atoms with Crippen LogP contribution in [0.1, 0.15) is 40.4 Å². The van der Waals surface area contributed by atoms with Crippen LogP contribution < -0.4 is 5.56 Å². The number of thiazole rings is 1. The Labute approximate surface area is 169 Å². The first kappa shape index (κ1) is 17.8. The third-order valence-electron chi connectivity index (χ3n) is 5.22. The van der Waals surface area contributed by atoms with Crippen molar-refractivity contribution in [1.82, 2.24) is 14.5 Å². The Morgan fingerprint density at radius 1 is 1.33 bits per heavy atom. The Bertz CT molecular complexity index is 1050. The molecule has 3 aromatic rings. The molecule has 0 radical (unpaired) electrons. The number of ether oxygens (including phenoxy) is 1. The van der Waals surface area contributed by atoms with Gasteiger partial charge in [0.1, 0.15) is 4.83 Å². The summed E-state index contributed by atoms with van der Waals surface area (Å²) < 4.78 is 7.68. The second kappa shape index (κ2) is 7.31. The molecule has 1 aliphatic carbocycles. The van der Waals surface area contributed by atoms with Crippen molar-refractivity contribution in [3.05, 3.63) is 36.9 Å². The van der Waals surface area contributed by atoms with E-state index < -0.39 is 0 Å². The van der Waals surface area contributed by atoms with Crippen LogP contribution in [0.3, 0.4) is 0 Å². The molecule has 1 fully saturated rings. The fraction of sp³-hybridized carbons (Fsp3) is 0.526. The molecule has 1 saturated heterocycles. The van der Waals surface area contributed by atoms with Gasteiger partial charge < -0.3 is 4.74 Å². The van der Waals surface area contributed by atoms with Gasteiger partial charge in [-0.15, -0.1) is 22.7 Å². The lowest BCUT2D eigenvalue weighted by Gasteiger charge is -2.15. The minimum atomic E-state index is 0.117. The number of aryl methyl sites for hydroxylation is 3. The lowest BCUT2D eigenvalue weighted by atomic mass is 10.2. The SMILES string of the molecule is Cc1nc(CSc2nc3sc4c(c3c(=O)n2C[C@H]2CCCO2)CCC4)cs1. The van der Waals surface area contributed by atoms with Crippen molar-refractivity contribution >= 4 is 44.7 Å². The van der Waals surface area contributed by atoms with E-state index in [4.69, 9.17) is 9.72 Å². The van der Waals surface area contributed by atoms with E-state index in [0.29, 0.717) is 6.54 Å². The van der Waals surface area contributed by atoms with Crippen molar-refractivity contribution in [2.24, 2.45) is 0 Å². The van der Waals surface area contributed by atoms with Crippen LogP contribution in [0.2, 0.25) is 0 Å². The number of thioether (sulfide) groups is 1. The predicted molar refractivity (Wildman–Crippen MR) is 111 cm³/mol. The number of hydrogen-bond acceptors (Lipinski definition) is 7. The van der Waals surface area contributed by atoms with Crippen LogP contribution >= 0.6 is 34.4 Å². The number of aromatic nitrogens is 3. The Morgan fingerprint density at radius 2 is 2.26 bits per heavy atom. The largest absolute Gasteiger partial charge is 0.376 e. The minimum absolute atomic E-state index is 0.117. The van der Waals surface area contributed by atoms with Gasteiger partial charge in [-0.1, -0.05) is 11.8 Å². The molecule has 5 rings (SSSR count). The Balaban J connectivity index is 1.55. The summed E-state index contributed by atoms with van der Waals surface area (Å²) in [6.45, 7) is 3.41. The molecule has 2 aliphatic rings. The maximum Gasteiger partial charge on any atom is 0.263 e. The van der Waals surface area contributed by atoms with Gasteiger partial charge in [0, 0.05) is 22.6 Å². The van der Waals surface area contributed by atoms with Gasteiger partial charge in [-0.05, 0) is 44.6 Å². The maximum absolute atomic E-state index is 13.4. The molecular weight excluding hydrogens is 398 g/mol. The van der Waals surface area contributed by atoms with Gasteiger partial charge >= 0.3 is 0 Å². The number of nitrogens with zero attached hydrogens (tertiary/aromatic N) is 3. The lowest BCUT2D eigenvalue weighted by molar-refractivity contribution is 0.0937. The third kappa shape index (κ3) is 3.37. The van der Waals surface area contributed by atoms with Crippen LogP contribution in [-0.4, -0.2) is 27.2 Å². The summed E-state index contributed by atoms with van der Waals surface area (Å²) >= 11 is 4.98. The predicted octanol–water partition coefficient (Wildman–Crippen LogP) is 4.18. The van der Waals surface area contributed by atoms with Crippen LogP contribution in [0.4, 0.5) is 0 Å². The van der Waals surface area contributed by atoms with Crippen molar-refractivity contribution in [3.63, 3.8) is 0 Å². The quantitative estimate of drug-likeness (QED) is 0.459. The van der Waals surface area contributed by atoms with Crippen molar-refractivity contribution < 1.29 is 4.74 Å². The van der Waals surface area contributed by atoms with Crippen molar-refractivity contribution in [1.29, 1.82) is 0 Å². The highest BCUT2D eigenvalue weighted by Gasteiger charge is 2.25. The normalized spacial score (nSPS) is 19.2. The van der Waals surface area contributed by atoms with E-state index in [-0.39, 0.29) is 11.7 Å². The molecule has 3 aromatic heterocycles. The molecule has 142 valence electrons. The smallest absolute Gasteiger partial charge is 0.263 e. The first-order valence-electron chi connectivity index (χ1n) is 9.39. The topological polar surface area (TPSA) is 57.0 Å². The van der Waals surface area contributed by atoms with Gasteiger partial charge in [0.2, 0.25) is 0 Å². The highest BCUT2D eigenvalue weighted by atomic mass is 32.2. The van der Waals surface area contributed by atoms with Gasteiger partial charge in [-0.25, -0.2) is 9.97 Å². The zero-order chi connectivity index (χ0) is 18.4. The van der Waals surface area contributed by atoms with Gasteiger partial charge in [0.25, 0.3) is 5.56 Å². The second-order valence-electron chi connectivity index (χ2n) is 7.13. The molecule has 4 heterocycles. The van der Waals surface area contributed by atoms with Gasteiger partial charge in [0.15, 0.2) is 5.16 Å². The summed E-state index contributed by atoms with van der Waals surface area (Å²) in [6, 6.07) is 0. The summed E-state index contributed by atoms with van der Waals surface area (Å²) in [4.78, 5) is 25.2. The van der Waals surface area contributed by atoms with E-state index in [0.717, 1.165) is 70.5 Å². The van der Waals surface area contributed by atoms with E-state index in [1.165, 1.54) is 10.4 Å². The third-order valence-corrected chi connectivity index (χ3v) is 8.23. The molecule has 1 atom stereocenters. The first-order valence-corrected chi connectivity index (χ1v) is 12.1. The average Bonchev–Trinajstić information content (AvgIpc) is 3.40. The number of hydrogen-bond donors (Lipinski definition) is 0. The van der Waals surface area contributed by atoms with E-state index in [2.05, 4.69) is 10.4 Å². The molecule has 0 saturated carbocycles. The van der Waals surface area contributed by atoms with Gasteiger partial charge in [0.05, 0.1) is 28.7 Å². The Hall–Kier alpha value is -1.22. The van der Waals surface area contributed by atoms with Crippen LogP contribution in [0, 0.1) is 6.92 Å². The van der Waals surface area contributed by atoms with Gasteiger partial charge in [-0.3, -0.25) is 9.36 Å².